The van der Waals surface area contributed by atoms with Crippen LogP contribution in [0.1, 0.15) is 26.3 Å². The van der Waals surface area contributed by atoms with Crippen molar-refractivity contribution in [2.45, 2.75) is 20.8 Å². The van der Waals surface area contributed by atoms with Crippen molar-refractivity contribution >= 4 is 17.2 Å². The second kappa shape index (κ2) is 9.84. The number of benzene rings is 1. The maximum absolute atomic E-state index is 6.17. The molecule has 1 heterocycles. The number of hydrogen-bond donors (Lipinski definition) is 0. The Morgan fingerprint density at radius 1 is 1.17 bits per heavy atom. The fourth-order valence-electron chi connectivity index (χ4n) is 2.42. The zero-order chi connectivity index (χ0) is 18.1. The molecule has 0 saturated carbocycles. The van der Waals surface area contributed by atoms with Gasteiger partial charge < -0.3 is 9.30 Å². The van der Waals surface area contributed by atoms with E-state index in [1.54, 1.807) is 19.3 Å². The standard InChI is InChI=1S/C19H20ClNO.C2H6/c1-5-8-15(20)11-14(2)17-12-21(3)13-18(17)16-9-6-7-10-19(16)22-4;1-2/h5-13H,1H2,2-4H3;1-2H3/b14-11+,15-8+;. The van der Waals surface area contributed by atoms with Crippen molar-refractivity contribution in [1.29, 1.82) is 0 Å². The van der Waals surface area contributed by atoms with E-state index in [2.05, 4.69) is 25.0 Å². The first-order valence-corrected chi connectivity index (χ1v) is 8.41. The molecule has 2 aromatic rings. The average molecular weight is 344 g/mol. The van der Waals surface area contributed by atoms with Crippen molar-refractivity contribution in [3.05, 3.63) is 72.1 Å². The molecule has 0 saturated heterocycles. The summed E-state index contributed by atoms with van der Waals surface area (Å²) in [5.41, 5.74) is 4.40. The second-order valence-electron chi connectivity index (χ2n) is 5.07. The predicted octanol–water partition coefficient (Wildman–Crippen LogP) is 6.44. The number of methoxy groups -OCH3 is 1. The highest BCUT2D eigenvalue weighted by Crippen LogP contribution is 2.36. The number of aromatic nitrogens is 1. The van der Waals surface area contributed by atoms with Gasteiger partial charge in [-0.2, -0.15) is 0 Å². The Hall–Kier alpha value is -2.19. The number of aryl methyl sites for hydroxylation is 1. The van der Waals surface area contributed by atoms with E-state index in [-0.39, 0.29) is 0 Å². The van der Waals surface area contributed by atoms with Gasteiger partial charge in [-0.3, -0.25) is 0 Å². The van der Waals surface area contributed by atoms with E-state index in [0.29, 0.717) is 5.03 Å². The third-order valence-corrected chi connectivity index (χ3v) is 3.64. The third kappa shape index (κ3) is 4.90. The molecule has 0 amide bonds. The molecule has 24 heavy (non-hydrogen) atoms. The highest BCUT2D eigenvalue weighted by Gasteiger charge is 2.13. The summed E-state index contributed by atoms with van der Waals surface area (Å²) in [5.74, 6) is 0.857. The zero-order valence-electron chi connectivity index (χ0n) is 15.1. The maximum atomic E-state index is 6.17. The summed E-state index contributed by atoms with van der Waals surface area (Å²) in [7, 11) is 3.70. The monoisotopic (exact) mass is 343 g/mol. The first-order valence-electron chi connectivity index (χ1n) is 8.03. The summed E-state index contributed by atoms with van der Waals surface area (Å²) >= 11 is 6.17. The van der Waals surface area contributed by atoms with Gasteiger partial charge in [0.05, 0.1) is 7.11 Å². The van der Waals surface area contributed by atoms with Crippen LogP contribution in [0.2, 0.25) is 0 Å². The number of ether oxygens (including phenoxy) is 1. The summed E-state index contributed by atoms with van der Waals surface area (Å²) in [6.07, 6.45) is 9.58. The molecule has 2 rings (SSSR count). The van der Waals surface area contributed by atoms with Gasteiger partial charge in [-0.15, -0.1) is 0 Å². The van der Waals surface area contributed by atoms with Gasteiger partial charge in [-0.1, -0.05) is 56.3 Å². The molecule has 128 valence electrons. The van der Waals surface area contributed by atoms with Crippen LogP contribution < -0.4 is 4.74 Å². The summed E-state index contributed by atoms with van der Waals surface area (Å²) < 4.78 is 7.53. The SMILES string of the molecule is C=C/C=C(Cl)\C=C(/C)c1cn(C)cc1-c1ccccc1OC.CC. The van der Waals surface area contributed by atoms with Gasteiger partial charge in [-0.05, 0) is 30.7 Å². The quantitative estimate of drug-likeness (QED) is 0.570. The van der Waals surface area contributed by atoms with Gasteiger partial charge in [0.1, 0.15) is 5.75 Å². The molecule has 0 bridgehead atoms. The zero-order valence-corrected chi connectivity index (χ0v) is 15.9. The Balaban J connectivity index is 0.00000139. The molecule has 3 heteroatoms. The lowest BCUT2D eigenvalue weighted by Crippen LogP contribution is -1.88. The van der Waals surface area contributed by atoms with Gasteiger partial charge in [0.15, 0.2) is 0 Å². The Labute approximate surface area is 150 Å². The van der Waals surface area contributed by atoms with Crippen LogP contribution in [0.3, 0.4) is 0 Å². The normalized spacial score (nSPS) is 11.6. The minimum atomic E-state index is 0.655. The molecule has 0 radical (unpaired) electrons. The summed E-state index contributed by atoms with van der Waals surface area (Å²) in [5, 5.41) is 0.655. The third-order valence-electron chi connectivity index (χ3n) is 3.41. The van der Waals surface area contributed by atoms with E-state index < -0.39 is 0 Å². The molecule has 0 atom stereocenters. The molecule has 2 nitrogen and oxygen atoms in total. The van der Waals surface area contributed by atoms with Gasteiger partial charge in [0, 0.05) is 41.2 Å². The van der Waals surface area contributed by atoms with Crippen LogP contribution in [0.4, 0.5) is 0 Å². The lowest BCUT2D eigenvalue weighted by atomic mass is 9.99. The van der Waals surface area contributed by atoms with Crippen molar-refractivity contribution in [2.75, 3.05) is 7.11 Å². The number of halogens is 1. The van der Waals surface area contributed by atoms with E-state index in [4.69, 9.17) is 16.3 Å². The van der Waals surface area contributed by atoms with Crippen LogP contribution in [0.5, 0.6) is 5.75 Å². The molecule has 1 aromatic heterocycles. The van der Waals surface area contributed by atoms with Gasteiger partial charge in [0.25, 0.3) is 0 Å². The second-order valence-corrected chi connectivity index (χ2v) is 5.50. The number of para-hydroxylation sites is 1. The van der Waals surface area contributed by atoms with Crippen molar-refractivity contribution < 1.29 is 4.74 Å². The van der Waals surface area contributed by atoms with Crippen molar-refractivity contribution in [2.24, 2.45) is 7.05 Å². The first kappa shape index (κ1) is 19.9. The summed E-state index contributed by atoms with van der Waals surface area (Å²) in [6, 6.07) is 8.01. The lowest BCUT2D eigenvalue weighted by molar-refractivity contribution is 0.416. The van der Waals surface area contributed by atoms with Crippen molar-refractivity contribution in [1.82, 2.24) is 4.57 Å². The Bertz CT molecular complexity index is 738. The van der Waals surface area contributed by atoms with Crippen molar-refractivity contribution in [3.63, 3.8) is 0 Å². The van der Waals surface area contributed by atoms with Crippen molar-refractivity contribution in [3.8, 4) is 16.9 Å². The molecule has 0 fully saturated rings. The molecular weight excluding hydrogens is 318 g/mol. The molecule has 0 aliphatic heterocycles. The van der Waals surface area contributed by atoms with Crippen LogP contribution in [-0.2, 0) is 7.05 Å². The van der Waals surface area contributed by atoms with Gasteiger partial charge in [0.2, 0.25) is 0 Å². The molecule has 1 aromatic carbocycles. The minimum Gasteiger partial charge on any atom is -0.496 e. The Morgan fingerprint density at radius 2 is 1.83 bits per heavy atom. The van der Waals surface area contributed by atoms with Gasteiger partial charge in [-0.25, -0.2) is 0 Å². The van der Waals surface area contributed by atoms with E-state index in [1.807, 2.05) is 56.7 Å². The number of hydrogen-bond acceptors (Lipinski definition) is 1. The fraction of sp³-hybridized carbons (Fsp3) is 0.238. The number of nitrogens with zero attached hydrogens (tertiary/aromatic N) is 1. The maximum Gasteiger partial charge on any atom is 0.126 e. The Morgan fingerprint density at radius 3 is 2.46 bits per heavy atom. The fourth-order valence-corrected chi connectivity index (χ4v) is 2.68. The van der Waals surface area contributed by atoms with Crippen LogP contribution in [0.15, 0.2) is 66.5 Å². The first-order chi connectivity index (χ1) is 11.6. The minimum absolute atomic E-state index is 0.655. The van der Waals surface area contributed by atoms with Crippen LogP contribution in [0.25, 0.3) is 16.7 Å². The van der Waals surface area contributed by atoms with Crippen LogP contribution >= 0.6 is 11.6 Å². The molecule has 0 unspecified atom stereocenters. The van der Waals surface area contributed by atoms with E-state index in [9.17, 15) is 0 Å². The molecule has 0 N–H and O–H groups in total. The highest BCUT2D eigenvalue weighted by molar-refractivity contribution is 6.31. The smallest absolute Gasteiger partial charge is 0.126 e. The molecule has 0 spiro atoms. The predicted molar refractivity (Wildman–Crippen MR) is 107 cm³/mol. The van der Waals surface area contributed by atoms with E-state index >= 15 is 0 Å². The highest BCUT2D eigenvalue weighted by atomic mass is 35.5. The molecule has 0 aliphatic rings. The van der Waals surface area contributed by atoms with E-state index in [1.165, 1.54) is 0 Å². The molecular formula is C21H26ClNO. The summed E-state index contributed by atoms with van der Waals surface area (Å²) in [4.78, 5) is 0. The molecule has 0 aliphatic carbocycles. The topological polar surface area (TPSA) is 14.2 Å². The van der Waals surface area contributed by atoms with Gasteiger partial charge >= 0.3 is 0 Å². The number of rotatable bonds is 5. The van der Waals surface area contributed by atoms with E-state index in [0.717, 1.165) is 28.0 Å². The largest absolute Gasteiger partial charge is 0.496 e. The number of allylic oxidation sites excluding steroid dienone is 5. The van der Waals surface area contributed by atoms with Crippen LogP contribution in [0, 0.1) is 0 Å². The van der Waals surface area contributed by atoms with Crippen LogP contribution in [-0.4, -0.2) is 11.7 Å². The summed E-state index contributed by atoms with van der Waals surface area (Å²) in [6.45, 7) is 9.71. The Kier molecular flexibility index (Phi) is 8.14. The average Bonchev–Trinajstić information content (AvgIpc) is 2.98. The lowest BCUT2D eigenvalue weighted by Gasteiger charge is -2.09.